The number of rotatable bonds is 5. The molecule has 0 aromatic carbocycles. The zero-order valence-corrected chi connectivity index (χ0v) is 11.9. The number of nitrogens with one attached hydrogen (secondary N) is 2. The van der Waals surface area contributed by atoms with E-state index in [0.717, 1.165) is 5.82 Å². The first-order valence-electron chi connectivity index (χ1n) is 6.38. The van der Waals surface area contributed by atoms with Gasteiger partial charge >= 0.3 is 0 Å². The van der Waals surface area contributed by atoms with Gasteiger partial charge in [-0.05, 0) is 34.6 Å². The smallest absolute Gasteiger partial charge is 0.226 e. The molecule has 5 heteroatoms. The lowest BCUT2D eigenvalue weighted by molar-refractivity contribution is -0.116. The van der Waals surface area contributed by atoms with E-state index in [1.165, 1.54) is 0 Å². The van der Waals surface area contributed by atoms with E-state index >= 15 is 0 Å². The lowest BCUT2D eigenvalue weighted by Crippen LogP contribution is -2.37. The molecule has 18 heavy (non-hydrogen) atoms. The van der Waals surface area contributed by atoms with E-state index in [1.54, 1.807) is 10.9 Å². The van der Waals surface area contributed by atoms with E-state index in [1.807, 2.05) is 19.9 Å². The van der Waals surface area contributed by atoms with Gasteiger partial charge in [0.25, 0.3) is 0 Å². The van der Waals surface area contributed by atoms with Gasteiger partial charge in [-0.3, -0.25) is 4.79 Å². The second kappa shape index (κ2) is 6.00. The number of aromatic nitrogens is 2. The van der Waals surface area contributed by atoms with Gasteiger partial charge < -0.3 is 10.6 Å². The van der Waals surface area contributed by atoms with Crippen LogP contribution in [0.2, 0.25) is 0 Å². The molecule has 0 aliphatic heterocycles. The highest BCUT2D eigenvalue weighted by atomic mass is 16.1. The Bertz CT molecular complexity index is 390. The summed E-state index contributed by atoms with van der Waals surface area (Å²) in [5.41, 5.74) is 0.0417. The van der Waals surface area contributed by atoms with Crippen molar-refractivity contribution in [1.82, 2.24) is 15.1 Å². The van der Waals surface area contributed by atoms with Crippen molar-refractivity contribution in [2.75, 3.05) is 11.9 Å². The Morgan fingerprint density at radius 2 is 2.11 bits per heavy atom. The van der Waals surface area contributed by atoms with Crippen LogP contribution in [0.3, 0.4) is 0 Å². The molecular formula is C13H24N4O. The average molecular weight is 252 g/mol. The van der Waals surface area contributed by atoms with E-state index in [0.29, 0.717) is 13.0 Å². The minimum absolute atomic E-state index is 0.00847. The van der Waals surface area contributed by atoms with Gasteiger partial charge in [0.1, 0.15) is 5.82 Å². The number of nitrogens with zero attached hydrogens (tertiary/aromatic N) is 2. The molecule has 0 spiro atoms. The third kappa shape index (κ3) is 4.87. The van der Waals surface area contributed by atoms with E-state index in [4.69, 9.17) is 0 Å². The second-order valence-electron chi connectivity index (χ2n) is 5.73. The monoisotopic (exact) mass is 252 g/mol. The van der Waals surface area contributed by atoms with Gasteiger partial charge in [0, 0.05) is 30.6 Å². The molecule has 0 bridgehead atoms. The van der Waals surface area contributed by atoms with Gasteiger partial charge in [0.15, 0.2) is 0 Å². The predicted molar refractivity (Wildman–Crippen MR) is 73.6 cm³/mol. The molecule has 0 saturated heterocycles. The van der Waals surface area contributed by atoms with E-state index in [9.17, 15) is 4.79 Å². The molecule has 0 unspecified atom stereocenters. The van der Waals surface area contributed by atoms with Crippen molar-refractivity contribution < 1.29 is 4.79 Å². The zero-order chi connectivity index (χ0) is 13.8. The van der Waals surface area contributed by atoms with Gasteiger partial charge in [-0.1, -0.05) is 0 Å². The fourth-order valence-corrected chi connectivity index (χ4v) is 1.58. The molecule has 0 aliphatic carbocycles. The standard InChI is InChI=1S/C13H24N4O/c1-10(2)17-11(6-9-15-17)16-12(18)7-8-14-13(3,4)5/h6,9-10,14H,7-8H2,1-5H3,(H,16,18). The molecule has 1 amide bonds. The molecule has 0 fully saturated rings. The van der Waals surface area contributed by atoms with Crippen LogP contribution in [-0.4, -0.2) is 27.8 Å². The molecule has 1 aromatic heterocycles. The number of carbonyl (C=O) groups is 1. The molecule has 1 rings (SSSR count). The summed E-state index contributed by atoms with van der Waals surface area (Å²) in [4.78, 5) is 11.8. The van der Waals surface area contributed by atoms with Gasteiger partial charge in [0.05, 0.1) is 6.20 Å². The number of amides is 1. The van der Waals surface area contributed by atoms with E-state index in [2.05, 4.69) is 36.5 Å². The Balaban J connectivity index is 2.43. The predicted octanol–water partition coefficient (Wildman–Crippen LogP) is 2.18. The van der Waals surface area contributed by atoms with Gasteiger partial charge in [-0.15, -0.1) is 0 Å². The third-order valence-corrected chi connectivity index (χ3v) is 2.43. The molecule has 0 radical (unpaired) electrons. The van der Waals surface area contributed by atoms with Gasteiger partial charge in [-0.25, -0.2) is 4.68 Å². The van der Waals surface area contributed by atoms with Gasteiger partial charge in [0.2, 0.25) is 5.91 Å². The van der Waals surface area contributed by atoms with Crippen LogP contribution in [0.5, 0.6) is 0 Å². The molecule has 5 nitrogen and oxygen atoms in total. The van der Waals surface area contributed by atoms with E-state index in [-0.39, 0.29) is 17.5 Å². The Hall–Kier alpha value is -1.36. The maximum atomic E-state index is 11.8. The first-order chi connectivity index (χ1) is 8.29. The molecule has 0 atom stereocenters. The highest BCUT2D eigenvalue weighted by Gasteiger charge is 2.11. The van der Waals surface area contributed by atoms with Crippen LogP contribution < -0.4 is 10.6 Å². The summed E-state index contributed by atoms with van der Waals surface area (Å²) < 4.78 is 1.80. The maximum Gasteiger partial charge on any atom is 0.226 e. The number of hydrogen-bond acceptors (Lipinski definition) is 3. The van der Waals surface area contributed by atoms with Crippen molar-refractivity contribution >= 4 is 11.7 Å². The normalized spacial score (nSPS) is 11.9. The molecule has 0 aliphatic rings. The minimum Gasteiger partial charge on any atom is -0.312 e. The number of hydrogen-bond donors (Lipinski definition) is 2. The van der Waals surface area contributed by atoms with E-state index < -0.39 is 0 Å². The topological polar surface area (TPSA) is 59.0 Å². The molecule has 0 saturated carbocycles. The lowest BCUT2D eigenvalue weighted by Gasteiger charge is -2.20. The molecule has 1 aromatic rings. The van der Waals surface area contributed by atoms with Crippen molar-refractivity contribution in [3.8, 4) is 0 Å². The number of carbonyl (C=O) groups excluding carboxylic acids is 1. The lowest BCUT2D eigenvalue weighted by atomic mass is 10.1. The Kier molecular flexibility index (Phi) is 4.90. The molecule has 2 N–H and O–H groups in total. The number of anilines is 1. The first-order valence-corrected chi connectivity index (χ1v) is 6.38. The van der Waals surface area contributed by atoms with Gasteiger partial charge in [-0.2, -0.15) is 5.10 Å². The highest BCUT2D eigenvalue weighted by Crippen LogP contribution is 2.13. The van der Waals surface area contributed by atoms with Crippen molar-refractivity contribution in [1.29, 1.82) is 0 Å². The van der Waals surface area contributed by atoms with Crippen LogP contribution >= 0.6 is 0 Å². The Morgan fingerprint density at radius 1 is 1.44 bits per heavy atom. The fourth-order valence-electron chi connectivity index (χ4n) is 1.58. The average Bonchev–Trinajstić information content (AvgIpc) is 2.63. The summed E-state index contributed by atoms with van der Waals surface area (Å²) >= 11 is 0. The quantitative estimate of drug-likeness (QED) is 0.844. The molecule has 1 heterocycles. The van der Waals surface area contributed by atoms with Crippen molar-refractivity contribution in [2.45, 2.75) is 52.6 Å². The van der Waals surface area contributed by atoms with Crippen LogP contribution in [-0.2, 0) is 4.79 Å². The van der Waals surface area contributed by atoms with Crippen molar-refractivity contribution in [2.24, 2.45) is 0 Å². The summed E-state index contributed by atoms with van der Waals surface area (Å²) in [6.07, 6.45) is 2.16. The maximum absolute atomic E-state index is 11.8. The van der Waals surface area contributed by atoms with Crippen LogP contribution in [0.25, 0.3) is 0 Å². The van der Waals surface area contributed by atoms with Crippen LogP contribution in [0.4, 0.5) is 5.82 Å². The Labute approximate surface area is 109 Å². The SMILES string of the molecule is CC(C)n1nccc1NC(=O)CCNC(C)(C)C. The summed E-state index contributed by atoms with van der Waals surface area (Å²) in [5, 5.41) is 10.3. The first kappa shape index (κ1) is 14.7. The second-order valence-corrected chi connectivity index (χ2v) is 5.73. The molecule has 102 valence electrons. The summed E-state index contributed by atoms with van der Waals surface area (Å²) in [6.45, 7) is 11.0. The molecular weight excluding hydrogens is 228 g/mol. The summed E-state index contributed by atoms with van der Waals surface area (Å²) in [5.74, 6) is 0.764. The Morgan fingerprint density at radius 3 is 2.67 bits per heavy atom. The summed E-state index contributed by atoms with van der Waals surface area (Å²) in [6, 6.07) is 2.05. The van der Waals surface area contributed by atoms with Crippen LogP contribution in [0, 0.1) is 0 Å². The van der Waals surface area contributed by atoms with Crippen molar-refractivity contribution in [3.63, 3.8) is 0 Å². The van der Waals surface area contributed by atoms with Crippen LogP contribution in [0.15, 0.2) is 12.3 Å². The zero-order valence-electron chi connectivity index (χ0n) is 11.9. The largest absolute Gasteiger partial charge is 0.312 e. The van der Waals surface area contributed by atoms with Crippen LogP contribution in [0.1, 0.15) is 47.1 Å². The van der Waals surface area contributed by atoms with Crippen molar-refractivity contribution in [3.05, 3.63) is 12.3 Å². The highest BCUT2D eigenvalue weighted by molar-refractivity contribution is 5.89. The third-order valence-electron chi connectivity index (χ3n) is 2.43. The fraction of sp³-hybridized carbons (Fsp3) is 0.692. The minimum atomic E-state index is 0.00847. The summed E-state index contributed by atoms with van der Waals surface area (Å²) in [7, 11) is 0.